The number of hydrogen-bond acceptors (Lipinski definition) is 5. The molecule has 0 aromatic carbocycles. The van der Waals surface area contributed by atoms with Gasteiger partial charge in [-0.25, -0.2) is 4.89 Å². The van der Waals surface area contributed by atoms with Gasteiger partial charge in [0.25, 0.3) is 0 Å². The van der Waals surface area contributed by atoms with E-state index in [0.717, 1.165) is 24.0 Å². The molecule has 6 aliphatic rings. The number of fused-ring (bicyclic) bond motifs is 2. The number of allylic oxidation sites excluding steroid dienone is 2. The Morgan fingerprint density at radius 3 is 2.72 bits per heavy atom. The third kappa shape index (κ3) is 1.71. The van der Waals surface area contributed by atoms with E-state index >= 15 is 0 Å². The second kappa shape index (κ2) is 4.83. The molecule has 2 bridgehead atoms. The summed E-state index contributed by atoms with van der Waals surface area (Å²) in [6, 6.07) is 0. The molecule has 136 valence electrons. The van der Waals surface area contributed by atoms with E-state index in [1.54, 1.807) is 0 Å². The summed E-state index contributed by atoms with van der Waals surface area (Å²) in [6.45, 7) is 8.73. The first-order valence-electron chi connectivity index (χ1n) is 9.49. The second-order valence-corrected chi connectivity index (χ2v) is 8.93. The van der Waals surface area contributed by atoms with Crippen molar-refractivity contribution in [2.24, 2.45) is 29.6 Å². The molecule has 7 atom stereocenters. The Balaban J connectivity index is 1.79. The Morgan fingerprint density at radius 2 is 2.08 bits per heavy atom. The van der Waals surface area contributed by atoms with Crippen LogP contribution in [0.5, 0.6) is 0 Å². The van der Waals surface area contributed by atoms with Gasteiger partial charge in [0.2, 0.25) is 5.79 Å². The minimum Gasteiger partial charge on any atom is -0.388 e. The SMILES string of the molecule is CC1=CC2C(C(C)C)CCC34COC5(OO3)C(=C(C1=O)C(O)C5C)C24. The first kappa shape index (κ1) is 16.2. The Labute approximate surface area is 147 Å². The molecule has 25 heavy (non-hydrogen) atoms. The standard InChI is InChI=1S/C20H26O5/c1-9(2)12-5-6-19-8-23-20(25-24-19)11(4)18(22)14-16(20)15(19)13(12)7-10(3)17(14)21/h7,9,11-13,15,18,22H,5-6,8H2,1-4H3. The van der Waals surface area contributed by atoms with Crippen molar-refractivity contribution in [2.45, 2.75) is 58.0 Å². The molecule has 0 aromatic rings. The highest BCUT2D eigenvalue weighted by Crippen LogP contribution is 2.65. The van der Waals surface area contributed by atoms with Crippen LogP contribution in [0.4, 0.5) is 0 Å². The number of carbonyl (C=O) groups is 1. The van der Waals surface area contributed by atoms with Crippen LogP contribution in [-0.2, 0) is 19.3 Å². The third-order valence-electron chi connectivity index (χ3n) is 7.46. The van der Waals surface area contributed by atoms with Crippen molar-refractivity contribution in [2.75, 3.05) is 6.61 Å². The Kier molecular flexibility index (Phi) is 3.13. The second-order valence-electron chi connectivity index (χ2n) is 8.93. The maximum Gasteiger partial charge on any atom is 0.230 e. The minimum atomic E-state index is -1.10. The van der Waals surface area contributed by atoms with Gasteiger partial charge < -0.3 is 9.84 Å². The van der Waals surface area contributed by atoms with Crippen molar-refractivity contribution in [1.82, 2.24) is 0 Å². The van der Waals surface area contributed by atoms with Crippen LogP contribution in [0.15, 0.2) is 22.8 Å². The van der Waals surface area contributed by atoms with Gasteiger partial charge in [-0.15, -0.1) is 0 Å². The lowest BCUT2D eigenvalue weighted by molar-refractivity contribution is -0.543. The number of aliphatic hydroxyl groups excluding tert-OH is 1. The fourth-order valence-electron chi connectivity index (χ4n) is 6.09. The van der Waals surface area contributed by atoms with Gasteiger partial charge in [-0.05, 0) is 43.1 Å². The maximum absolute atomic E-state index is 13.1. The average Bonchev–Trinajstić information content (AvgIpc) is 2.73. The summed E-state index contributed by atoms with van der Waals surface area (Å²) in [7, 11) is 0. The molecule has 0 amide bonds. The van der Waals surface area contributed by atoms with Crippen molar-refractivity contribution >= 4 is 5.78 Å². The smallest absolute Gasteiger partial charge is 0.230 e. The highest BCUT2D eigenvalue weighted by molar-refractivity contribution is 6.10. The molecule has 4 fully saturated rings. The number of aliphatic hydroxyl groups is 1. The van der Waals surface area contributed by atoms with E-state index < -0.39 is 17.5 Å². The Bertz CT molecular complexity index is 710. The Hall–Kier alpha value is -1.01. The summed E-state index contributed by atoms with van der Waals surface area (Å²) in [5.74, 6) is -0.249. The van der Waals surface area contributed by atoms with Gasteiger partial charge in [0.05, 0.1) is 12.7 Å². The van der Waals surface area contributed by atoms with Crippen LogP contribution < -0.4 is 0 Å². The first-order valence-corrected chi connectivity index (χ1v) is 9.49. The van der Waals surface area contributed by atoms with Crippen LogP contribution in [0.1, 0.15) is 40.5 Å². The molecule has 3 aliphatic carbocycles. The number of carbonyl (C=O) groups excluding carboxylic acids is 1. The van der Waals surface area contributed by atoms with E-state index in [1.807, 2.05) is 13.8 Å². The zero-order valence-electron chi connectivity index (χ0n) is 15.2. The molecule has 6 rings (SSSR count). The monoisotopic (exact) mass is 346 g/mol. The van der Waals surface area contributed by atoms with Crippen LogP contribution >= 0.6 is 0 Å². The van der Waals surface area contributed by atoms with Crippen LogP contribution in [0.2, 0.25) is 0 Å². The fourth-order valence-corrected chi connectivity index (χ4v) is 6.09. The lowest BCUT2D eigenvalue weighted by atomic mass is 9.57. The highest BCUT2D eigenvalue weighted by Gasteiger charge is 2.72. The Morgan fingerprint density at radius 1 is 1.32 bits per heavy atom. The molecule has 7 unspecified atom stereocenters. The molecule has 1 saturated carbocycles. The minimum absolute atomic E-state index is 0.0483. The van der Waals surface area contributed by atoms with Gasteiger partial charge in [-0.1, -0.05) is 26.8 Å². The predicted molar refractivity (Wildman–Crippen MR) is 89.1 cm³/mol. The van der Waals surface area contributed by atoms with E-state index in [-0.39, 0.29) is 23.5 Å². The van der Waals surface area contributed by atoms with Crippen LogP contribution in [0.25, 0.3) is 0 Å². The van der Waals surface area contributed by atoms with E-state index in [4.69, 9.17) is 14.5 Å². The van der Waals surface area contributed by atoms with Crippen molar-refractivity contribution in [3.8, 4) is 0 Å². The van der Waals surface area contributed by atoms with Crippen LogP contribution in [-0.4, -0.2) is 35.0 Å². The van der Waals surface area contributed by atoms with Crippen molar-refractivity contribution in [3.05, 3.63) is 22.8 Å². The number of hydrogen-bond donors (Lipinski definition) is 1. The molecule has 1 N–H and O–H groups in total. The molecule has 0 aromatic heterocycles. The van der Waals surface area contributed by atoms with Gasteiger partial charge in [0.1, 0.15) is 5.60 Å². The molecular formula is C20H26O5. The van der Waals surface area contributed by atoms with Gasteiger partial charge >= 0.3 is 0 Å². The van der Waals surface area contributed by atoms with Gasteiger partial charge in [0, 0.05) is 23.0 Å². The number of Topliss-reactive ketones (excluding diaryl/α,β-unsaturated/α-hetero) is 1. The summed E-state index contributed by atoms with van der Waals surface area (Å²) >= 11 is 0. The molecule has 3 aliphatic heterocycles. The number of ketones is 1. The maximum atomic E-state index is 13.1. The normalized spacial score (nSPS) is 50.9. The molecule has 5 heteroatoms. The van der Waals surface area contributed by atoms with Crippen molar-refractivity contribution < 1.29 is 24.4 Å². The van der Waals surface area contributed by atoms with E-state index in [2.05, 4.69) is 19.9 Å². The van der Waals surface area contributed by atoms with Crippen LogP contribution in [0.3, 0.4) is 0 Å². The average molecular weight is 346 g/mol. The summed E-state index contributed by atoms with van der Waals surface area (Å²) in [5, 5.41) is 10.9. The summed E-state index contributed by atoms with van der Waals surface area (Å²) < 4.78 is 6.18. The van der Waals surface area contributed by atoms with Gasteiger partial charge in [-0.3, -0.25) is 4.79 Å². The highest BCUT2D eigenvalue weighted by atomic mass is 17.3. The molecular weight excluding hydrogens is 320 g/mol. The number of ether oxygens (including phenoxy) is 1. The molecule has 5 nitrogen and oxygen atoms in total. The molecule has 0 radical (unpaired) electrons. The van der Waals surface area contributed by atoms with E-state index in [1.165, 1.54) is 0 Å². The van der Waals surface area contributed by atoms with E-state index in [9.17, 15) is 9.90 Å². The van der Waals surface area contributed by atoms with Gasteiger partial charge in [-0.2, -0.15) is 4.89 Å². The lowest BCUT2D eigenvalue weighted by Gasteiger charge is -2.61. The predicted octanol–water partition coefficient (Wildman–Crippen LogP) is 2.55. The molecule has 3 saturated heterocycles. The quantitative estimate of drug-likeness (QED) is 0.739. The van der Waals surface area contributed by atoms with Gasteiger partial charge in [0.15, 0.2) is 5.78 Å². The molecule has 3 heterocycles. The van der Waals surface area contributed by atoms with Crippen molar-refractivity contribution in [1.29, 1.82) is 0 Å². The third-order valence-corrected chi connectivity index (χ3v) is 7.46. The molecule has 2 spiro atoms. The van der Waals surface area contributed by atoms with E-state index in [0.29, 0.717) is 24.0 Å². The number of rotatable bonds is 1. The van der Waals surface area contributed by atoms with Crippen LogP contribution in [0, 0.1) is 29.6 Å². The summed E-state index contributed by atoms with van der Waals surface area (Å²) in [6.07, 6.45) is 3.15. The largest absolute Gasteiger partial charge is 0.388 e. The first-order chi connectivity index (χ1) is 11.8. The van der Waals surface area contributed by atoms with Crippen molar-refractivity contribution in [3.63, 3.8) is 0 Å². The topological polar surface area (TPSA) is 65.0 Å². The fraction of sp³-hybridized carbons (Fsp3) is 0.750. The zero-order chi connectivity index (χ0) is 17.7. The lowest BCUT2D eigenvalue weighted by Crippen LogP contribution is -2.69. The summed E-state index contributed by atoms with van der Waals surface area (Å²) in [5.41, 5.74) is 1.57. The zero-order valence-corrected chi connectivity index (χ0v) is 15.2. The summed E-state index contributed by atoms with van der Waals surface area (Å²) in [4.78, 5) is 24.9.